The van der Waals surface area contributed by atoms with Crippen molar-refractivity contribution in [2.45, 2.75) is 69.7 Å². The number of benzene rings is 3. The van der Waals surface area contributed by atoms with Crippen LogP contribution < -0.4 is 14.4 Å². The Hall–Kier alpha value is -5.61. The Balaban J connectivity index is 0.880. The number of anilines is 1. The zero-order chi connectivity index (χ0) is 44.9. The molecule has 0 bridgehead atoms. The summed E-state index contributed by atoms with van der Waals surface area (Å²) >= 11 is 6.27. The van der Waals surface area contributed by atoms with Crippen LogP contribution in [0.3, 0.4) is 0 Å². The van der Waals surface area contributed by atoms with Crippen LogP contribution in [0.5, 0.6) is 5.75 Å². The van der Waals surface area contributed by atoms with Crippen molar-refractivity contribution in [1.29, 1.82) is 0 Å². The van der Waals surface area contributed by atoms with Gasteiger partial charge in [-0.2, -0.15) is 0 Å². The summed E-state index contributed by atoms with van der Waals surface area (Å²) in [5, 5.41) is 7.92. The van der Waals surface area contributed by atoms with Gasteiger partial charge in [-0.05, 0) is 146 Å². The number of H-pyrrole nitrogens is 1. The number of nitroso groups, excluding NO2 is 1. The number of amides is 1. The molecule has 0 radical (unpaired) electrons. The molecule has 1 saturated carbocycles. The third-order valence-corrected chi connectivity index (χ3v) is 15.4. The number of likely N-dealkylation sites (tertiary alicyclic amines) is 1. The monoisotopic (exact) mass is 915 g/mol. The second kappa shape index (κ2) is 17.6. The van der Waals surface area contributed by atoms with Gasteiger partial charge in [-0.25, -0.2) is 23.1 Å². The molecule has 2 N–H and O–H groups in total. The van der Waals surface area contributed by atoms with Crippen molar-refractivity contribution in [2.75, 3.05) is 57.3 Å². The zero-order valence-electron chi connectivity index (χ0n) is 36.8. The summed E-state index contributed by atoms with van der Waals surface area (Å²) in [6, 6.07) is 22.2. The molecule has 65 heavy (non-hydrogen) atoms. The Labute approximate surface area is 384 Å². The number of fused-ring (bicyclic) bond motifs is 2. The molecule has 4 aliphatic rings. The van der Waals surface area contributed by atoms with Gasteiger partial charge >= 0.3 is 0 Å². The predicted molar refractivity (Wildman–Crippen MR) is 255 cm³/mol. The van der Waals surface area contributed by atoms with E-state index in [1.54, 1.807) is 23.1 Å². The van der Waals surface area contributed by atoms with E-state index in [-0.39, 0.29) is 27.3 Å². The summed E-state index contributed by atoms with van der Waals surface area (Å²) < 4.78 is 37.8. The molecule has 0 unspecified atom stereocenters. The second-order valence-corrected chi connectivity index (χ2v) is 21.0. The van der Waals surface area contributed by atoms with Crippen LogP contribution in [0.25, 0.3) is 33.3 Å². The number of aromatic amines is 1. The molecular formula is C49H54ClN9O5S. The number of carbonyl (C=O) groups is 1. The van der Waals surface area contributed by atoms with E-state index in [1.807, 2.05) is 36.4 Å². The molecule has 1 amide bonds. The van der Waals surface area contributed by atoms with Crippen molar-refractivity contribution in [1.82, 2.24) is 34.3 Å². The number of sulfonamides is 1. The molecule has 10 rings (SSSR count). The maximum atomic E-state index is 14.2. The highest BCUT2D eigenvalue weighted by atomic mass is 35.5. The number of nitrogens with zero attached hydrogens (tertiary/aromatic N) is 7. The van der Waals surface area contributed by atoms with Crippen molar-refractivity contribution in [3.05, 3.63) is 112 Å². The molecule has 0 atom stereocenters. The SMILES string of the molecule is CC1(C)CCC(CN2CCN(c3ccc(C(=O)NS(=O)(=O)c4ccc(OCC5CCN(C6CC6)CC5)c(N=O)c4)c(-n4[nH]cc5nc6nccc6cc54)c3)CC2)=C(c2ccc(Cl)cc2)C1. The molecule has 338 valence electrons. The highest BCUT2D eigenvalue weighted by Crippen LogP contribution is 2.43. The molecule has 2 saturated heterocycles. The van der Waals surface area contributed by atoms with E-state index in [9.17, 15) is 18.1 Å². The van der Waals surface area contributed by atoms with Crippen molar-refractivity contribution in [3.8, 4) is 11.4 Å². The van der Waals surface area contributed by atoms with Gasteiger partial charge in [0.2, 0.25) is 0 Å². The van der Waals surface area contributed by atoms with E-state index >= 15 is 0 Å². The normalized spacial score (nSPS) is 19.0. The smallest absolute Gasteiger partial charge is 0.267 e. The maximum absolute atomic E-state index is 14.2. The van der Waals surface area contributed by atoms with E-state index in [1.165, 1.54) is 41.7 Å². The molecule has 14 nitrogen and oxygen atoms in total. The number of halogens is 1. The van der Waals surface area contributed by atoms with Gasteiger partial charge in [0.1, 0.15) is 11.3 Å². The lowest BCUT2D eigenvalue weighted by Gasteiger charge is -2.39. The Kier molecular flexibility index (Phi) is 11.8. The number of ether oxygens (including phenoxy) is 1. The van der Waals surface area contributed by atoms with Crippen molar-refractivity contribution in [2.24, 2.45) is 16.5 Å². The highest BCUT2D eigenvalue weighted by Gasteiger charge is 2.33. The molecule has 3 fully saturated rings. The molecule has 2 aliphatic heterocycles. The van der Waals surface area contributed by atoms with Gasteiger partial charge in [0, 0.05) is 67.3 Å². The number of nitrogens with one attached hydrogen (secondary N) is 2. The van der Waals surface area contributed by atoms with Crippen LogP contribution in [-0.2, 0) is 10.0 Å². The first-order valence-electron chi connectivity index (χ1n) is 22.7. The third-order valence-electron chi connectivity index (χ3n) is 13.8. The molecular weight excluding hydrogens is 862 g/mol. The number of piperazine rings is 1. The fourth-order valence-corrected chi connectivity index (χ4v) is 10.9. The van der Waals surface area contributed by atoms with Crippen molar-refractivity contribution >= 4 is 66.5 Å². The van der Waals surface area contributed by atoms with Crippen molar-refractivity contribution in [3.63, 3.8) is 0 Å². The number of aromatic nitrogens is 4. The summed E-state index contributed by atoms with van der Waals surface area (Å²) in [4.78, 5) is 42.4. The van der Waals surface area contributed by atoms with Crippen LogP contribution in [-0.4, -0.2) is 102 Å². The number of piperidine rings is 1. The lowest BCUT2D eigenvalue weighted by atomic mass is 9.72. The first-order valence-corrected chi connectivity index (χ1v) is 24.6. The van der Waals surface area contributed by atoms with Gasteiger partial charge in [-0.1, -0.05) is 43.2 Å². The largest absolute Gasteiger partial charge is 0.491 e. The predicted octanol–water partition coefficient (Wildman–Crippen LogP) is 9.11. The Morgan fingerprint density at radius 1 is 0.954 bits per heavy atom. The van der Waals surface area contributed by atoms with Crippen molar-refractivity contribution < 1.29 is 17.9 Å². The van der Waals surface area contributed by atoms with Crippen LogP contribution in [0.4, 0.5) is 11.4 Å². The quantitative estimate of drug-likeness (QED) is 0.107. The van der Waals surface area contributed by atoms with Crippen LogP contribution in [0, 0.1) is 16.2 Å². The Morgan fingerprint density at radius 3 is 2.49 bits per heavy atom. The number of carbonyl (C=O) groups excluding carboxylic acids is 1. The van der Waals surface area contributed by atoms with Gasteiger partial charge in [-0.15, -0.1) is 4.91 Å². The van der Waals surface area contributed by atoms with E-state index in [0.717, 1.165) is 106 Å². The van der Waals surface area contributed by atoms with E-state index in [2.05, 4.69) is 60.7 Å². The average Bonchev–Trinajstić information content (AvgIpc) is 3.93. The first kappa shape index (κ1) is 43.3. The number of pyridine rings is 1. The molecule has 3 aromatic carbocycles. The molecule has 6 aromatic rings. The molecule has 5 heterocycles. The van der Waals surface area contributed by atoms with Gasteiger partial charge in [-0.3, -0.25) is 19.5 Å². The standard InChI is InChI=1S/C49H54ClN9O5S/c1-49(2)17-13-35(41(28-49)33-3-5-36(50)6-4-33)30-56-21-23-58(24-22-56)38-9-11-40(44(26-38)59-45-25-34-14-18-51-47(34)53-43(45)29-52-59)48(60)55-65(62,63)39-10-12-46(42(27-39)54-61)64-31-32-15-19-57(20-16-32)37-7-8-37/h3-6,9-12,14,18,25-27,29,32,37,52H,7-8,13,15-17,19-24,28,30-31H2,1-2H3,(H,55,60). The Morgan fingerprint density at radius 2 is 1.74 bits per heavy atom. The number of hydrogen-bond donors (Lipinski definition) is 2. The first-order chi connectivity index (χ1) is 31.4. The molecule has 2 aliphatic carbocycles. The van der Waals surface area contributed by atoms with Crippen LogP contribution >= 0.6 is 11.6 Å². The minimum atomic E-state index is -4.45. The fourth-order valence-electron chi connectivity index (χ4n) is 9.83. The van der Waals surface area contributed by atoms with Crippen LogP contribution in [0.1, 0.15) is 74.7 Å². The average molecular weight is 917 g/mol. The molecule has 16 heteroatoms. The zero-order valence-corrected chi connectivity index (χ0v) is 38.4. The summed E-state index contributed by atoms with van der Waals surface area (Å²) in [6.45, 7) is 11.3. The van der Waals surface area contributed by atoms with Crippen LogP contribution in [0.15, 0.2) is 101 Å². The Bertz CT molecular complexity index is 2910. The fraction of sp³-hybridized carbons (Fsp3) is 0.408. The third kappa shape index (κ3) is 9.29. The summed E-state index contributed by atoms with van der Waals surface area (Å²) in [5.74, 6) is -0.291. The topological polar surface area (TPSA) is 158 Å². The van der Waals surface area contributed by atoms with Gasteiger partial charge in [0.25, 0.3) is 15.9 Å². The minimum absolute atomic E-state index is 0.119. The lowest BCUT2D eigenvalue weighted by Crippen LogP contribution is -2.47. The van der Waals surface area contributed by atoms with Gasteiger partial charge in [0.15, 0.2) is 11.3 Å². The van der Waals surface area contributed by atoms with E-state index < -0.39 is 15.9 Å². The maximum Gasteiger partial charge on any atom is 0.267 e. The summed E-state index contributed by atoms with van der Waals surface area (Å²) in [5.41, 5.74) is 7.63. The van der Waals surface area contributed by atoms with Gasteiger partial charge < -0.3 is 14.5 Å². The van der Waals surface area contributed by atoms with E-state index in [0.29, 0.717) is 34.9 Å². The van der Waals surface area contributed by atoms with E-state index in [4.69, 9.17) is 21.3 Å². The minimum Gasteiger partial charge on any atom is -0.491 e. The van der Waals surface area contributed by atoms with Crippen LogP contribution in [0.2, 0.25) is 5.02 Å². The lowest BCUT2D eigenvalue weighted by molar-refractivity contribution is 0.0981. The van der Waals surface area contributed by atoms with Gasteiger partial charge in [0.05, 0.1) is 28.3 Å². The number of allylic oxidation sites excluding steroid dienone is 1. The molecule has 0 spiro atoms. The molecule has 3 aromatic heterocycles. The number of rotatable bonds is 13. The summed E-state index contributed by atoms with van der Waals surface area (Å²) in [7, 11) is -4.45. The number of hydrogen-bond acceptors (Lipinski definition) is 11. The highest BCUT2D eigenvalue weighted by molar-refractivity contribution is 7.90. The second-order valence-electron chi connectivity index (χ2n) is 18.9. The summed E-state index contributed by atoms with van der Waals surface area (Å²) in [6.07, 6.45) is 11.2.